The molecule has 2 aromatic carbocycles. The molecule has 28 heavy (non-hydrogen) atoms. The molecule has 1 fully saturated rings. The maximum Gasteiger partial charge on any atom is 0.408 e. The van der Waals surface area contributed by atoms with Crippen molar-refractivity contribution in [1.82, 2.24) is 10.6 Å². The lowest BCUT2D eigenvalue weighted by molar-refractivity contribution is -0.149. The van der Waals surface area contributed by atoms with E-state index in [0.29, 0.717) is 25.9 Å². The third kappa shape index (κ3) is 3.24. The number of piperidine rings is 1. The number of carbonyl (C=O) groups is 2. The Morgan fingerprint density at radius 2 is 1.61 bits per heavy atom. The van der Waals surface area contributed by atoms with Gasteiger partial charge in [-0.25, -0.2) is 9.59 Å². The number of hydrogen-bond acceptors (Lipinski definition) is 5. The number of esters is 1. The molecule has 146 valence electrons. The molecule has 0 radical (unpaired) electrons. The SMILES string of the molecule is COC(=O)C1(NC(=O)OCC2c3ccccc3-c3ccccc32)CCNCC1. The molecule has 1 saturated heterocycles. The van der Waals surface area contributed by atoms with Gasteiger partial charge in [-0.05, 0) is 48.2 Å². The molecule has 0 atom stereocenters. The molecule has 1 aliphatic heterocycles. The van der Waals surface area contributed by atoms with Crippen LogP contribution in [0.25, 0.3) is 11.1 Å². The minimum absolute atomic E-state index is 0.0137. The fourth-order valence-electron chi connectivity index (χ4n) is 4.26. The summed E-state index contributed by atoms with van der Waals surface area (Å²) < 4.78 is 10.5. The van der Waals surface area contributed by atoms with E-state index in [0.717, 1.165) is 11.1 Å². The summed E-state index contributed by atoms with van der Waals surface area (Å²) >= 11 is 0. The van der Waals surface area contributed by atoms with Gasteiger partial charge in [0.2, 0.25) is 0 Å². The van der Waals surface area contributed by atoms with Crippen LogP contribution in [0.4, 0.5) is 4.79 Å². The molecule has 0 bridgehead atoms. The lowest BCUT2D eigenvalue weighted by Crippen LogP contribution is -2.60. The zero-order valence-corrected chi connectivity index (χ0v) is 15.9. The number of nitrogens with one attached hydrogen (secondary N) is 2. The van der Waals surface area contributed by atoms with Crippen LogP contribution in [0.1, 0.15) is 29.9 Å². The average Bonchev–Trinajstić information content (AvgIpc) is 3.06. The smallest absolute Gasteiger partial charge is 0.408 e. The maximum absolute atomic E-state index is 12.6. The van der Waals surface area contributed by atoms with Crippen molar-refractivity contribution in [2.75, 3.05) is 26.8 Å². The summed E-state index contributed by atoms with van der Waals surface area (Å²) in [5.41, 5.74) is 3.64. The van der Waals surface area contributed by atoms with E-state index in [9.17, 15) is 9.59 Å². The Bertz CT molecular complexity index is 844. The highest BCUT2D eigenvalue weighted by Crippen LogP contribution is 2.44. The molecule has 2 N–H and O–H groups in total. The van der Waals surface area contributed by atoms with Crippen LogP contribution < -0.4 is 10.6 Å². The number of ether oxygens (including phenoxy) is 2. The van der Waals surface area contributed by atoms with E-state index in [1.807, 2.05) is 24.3 Å². The number of fused-ring (bicyclic) bond motifs is 3. The van der Waals surface area contributed by atoms with Crippen LogP contribution in [0.15, 0.2) is 48.5 Å². The number of rotatable bonds is 4. The van der Waals surface area contributed by atoms with Crippen molar-refractivity contribution in [1.29, 1.82) is 0 Å². The molecule has 1 heterocycles. The van der Waals surface area contributed by atoms with E-state index >= 15 is 0 Å². The van der Waals surface area contributed by atoms with Crippen molar-refractivity contribution in [2.45, 2.75) is 24.3 Å². The van der Waals surface area contributed by atoms with Crippen LogP contribution >= 0.6 is 0 Å². The first-order valence-corrected chi connectivity index (χ1v) is 9.57. The first-order chi connectivity index (χ1) is 13.6. The second kappa shape index (κ2) is 7.64. The lowest BCUT2D eigenvalue weighted by atomic mass is 9.88. The Hall–Kier alpha value is -2.86. The van der Waals surface area contributed by atoms with Crippen LogP contribution in [-0.2, 0) is 14.3 Å². The molecule has 6 heteroatoms. The maximum atomic E-state index is 12.6. The van der Waals surface area contributed by atoms with Crippen molar-refractivity contribution in [3.8, 4) is 11.1 Å². The van der Waals surface area contributed by atoms with Crippen molar-refractivity contribution in [3.63, 3.8) is 0 Å². The van der Waals surface area contributed by atoms with Crippen molar-refractivity contribution < 1.29 is 19.1 Å². The Kier molecular flexibility index (Phi) is 5.05. The number of alkyl carbamates (subject to hydrolysis) is 1. The second-order valence-electron chi connectivity index (χ2n) is 7.27. The highest BCUT2D eigenvalue weighted by Gasteiger charge is 2.42. The minimum atomic E-state index is -1.03. The van der Waals surface area contributed by atoms with E-state index in [1.54, 1.807) is 0 Å². The van der Waals surface area contributed by atoms with E-state index < -0.39 is 17.6 Å². The summed E-state index contributed by atoms with van der Waals surface area (Å²) in [5, 5.41) is 5.97. The number of hydrogen-bond donors (Lipinski definition) is 2. The highest BCUT2D eigenvalue weighted by molar-refractivity contribution is 5.86. The molecule has 1 aliphatic carbocycles. The first kappa shape index (κ1) is 18.5. The van der Waals surface area contributed by atoms with Crippen LogP contribution in [0, 0.1) is 0 Å². The van der Waals surface area contributed by atoms with Crippen molar-refractivity contribution >= 4 is 12.1 Å². The molecule has 4 rings (SSSR count). The average molecular weight is 380 g/mol. The normalized spacial score (nSPS) is 17.3. The van der Waals surface area contributed by atoms with Gasteiger partial charge in [-0.2, -0.15) is 0 Å². The lowest BCUT2D eigenvalue weighted by Gasteiger charge is -2.35. The summed E-state index contributed by atoms with van der Waals surface area (Å²) in [7, 11) is 1.34. The Balaban J connectivity index is 1.48. The topological polar surface area (TPSA) is 76.7 Å². The van der Waals surface area contributed by atoms with Gasteiger partial charge in [0.25, 0.3) is 0 Å². The minimum Gasteiger partial charge on any atom is -0.467 e. The standard InChI is InChI=1S/C22H24N2O4/c1-27-20(25)22(10-12-23-13-11-22)24-21(26)28-14-19-17-8-4-2-6-15(17)16-7-3-5-9-18(16)19/h2-9,19,23H,10-14H2,1H3,(H,24,26). The third-order valence-electron chi connectivity index (χ3n) is 5.72. The summed E-state index contributed by atoms with van der Waals surface area (Å²) in [5.74, 6) is -0.442. The van der Waals surface area contributed by atoms with Gasteiger partial charge in [0.1, 0.15) is 12.1 Å². The van der Waals surface area contributed by atoms with Crippen LogP contribution in [0.2, 0.25) is 0 Å². The van der Waals surface area contributed by atoms with Gasteiger partial charge in [0.05, 0.1) is 7.11 Å². The van der Waals surface area contributed by atoms with Gasteiger partial charge in [-0.1, -0.05) is 48.5 Å². The van der Waals surface area contributed by atoms with E-state index in [-0.39, 0.29) is 12.5 Å². The van der Waals surface area contributed by atoms with Gasteiger partial charge in [-0.3, -0.25) is 0 Å². The molecule has 2 aliphatic rings. The number of benzene rings is 2. The van der Waals surface area contributed by atoms with Crippen LogP contribution in [0.5, 0.6) is 0 Å². The second-order valence-corrected chi connectivity index (χ2v) is 7.27. The number of methoxy groups -OCH3 is 1. The van der Waals surface area contributed by atoms with E-state index in [1.165, 1.54) is 18.2 Å². The van der Waals surface area contributed by atoms with Crippen molar-refractivity contribution in [2.24, 2.45) is 0 Å². The monoisotopic (exact) mass is 380 g/mol. The third-order valence-corrected chi connectivity index (χ3v) is 5.72. The van der Waals surface area contributed by atoms with Gasteiger partial charge < -0.3 is 20.1 Å². The zero-order chi connectivity index (χ0) is 19.6. The van der Waals surface area contributed by atoms with Crippen LogP contribution in [-0.4, -0.2) is 44.4 Å². The van der Waals surface area contributed by atoms with Crippen molar-refractivity contribution in [3.05, 3.63) is 59.7 Å². The molecule has 1 amide bonds. The van der Waals surface area contributed by atoms with Crippen LogP contribution in [0.3, 0.4) is 0 Å². The Morgan fingerprint density at radius 1 is 1.04 bits per heavy atom. The largest absolute Gasteiger partial charge is 0.467 e. The molecule has 0 unspecified atom stereocenters. The summed E-state index contributed by atoms with van der Waals surface area (Å²) in [6, 6.07) is 16.4. The number of amides is 1. The van der Waals surface area contributed by atoms with E-state index in [2.05, 4.69) is 34.9 Å². The quantitative estimate of drug-likeness (QED) is 0.798. The van der Waals surface area contributed by atoms with E-state index in [4.69, 9.17) is 9.47 Å². The highest BCUT2D eigenvalue weighted by atomic mass is 16.6. The fraction of sp³-hybridized carbons (Fsp3) is 0.364. The predicted octanol–water partition coefficient (Wildman–Crippen LogP) is 2.82. The Labute approximate surface area is 164 Å². The van der Waals surface area contributed by atoms with Gasteiger partial charge >= 0.3 is 12.1 Å². The molecule has 0 spiro atoms. The number of carbonyl (C=O) groups excluding carboxylic acids is 2. The molecule has 6 nitrogen and oxygen atoms in total. The summed E-state index contributed by atoms with van der Waals surface area (Å²) in [6.07, 6.45) is 0.363. The fourth-order valence-corrected chi connectivity index (χ4v) is 4.26. The van der Waals surface area contributed by atoms with Gasteiger partial charge in [-0.15, -0.1) is 0 Å². The first-order valence-electron chi connectivity index (χ1n) is 9.57. The molecular formula is C22H24N2O4. The molecule has 0 saturated carbocycles. The summed E-state index contributed by atoms with van der Waals surface area (Å²) in [6.45, 7) is 1.49. The molecule has 2 aromatic rings. The molecule has 0 aromatic heterocycles. The zero-order valence-electron chi connectivity index (χ0n) is 15.9. The van der Waals surface area contributed by atoms with Gasteiger partial charge in [0, 0.05) is 5.92 Å². The van der Waals surface area contributed by atoms with Gasteiger partial charge in [0.15, 0.2) is 0 Å². The Morgan fingerprint density at radius 3 is 2.18 bits per heavy atom. The summed E-state index contributed by atoms with van der Waals surface area (Å²) in [4.78, 5) is 24.8. The molecular weight excluding hydrogens is 356 g/mol. The predicted molar refractivity (Wildman–Crippen MR) is 105 cm³/mol.